The van der Waals surface area contributed by atoms with E-state index in [-0.39, 0.29) is 6.04 Å². The van der Waals surface area contributed by atoms with Crippen LogP contribution in [-0.4, -0.2) is 26.3 Å². The van der Waals surface area contributed by atoms with Gasteiger partial charge in [0.05, 0.1) is 20.4 Å². The van der Waals surface area contributed by atoms with E-state index in [2.05, 4.69) is 26.0 Å². The fraction of sp³-hybridized carbons (Fsp3) is 0.500. The molecule has 0 aliphatic rings. The largest absolute Gasteiger partial charge is 0.313 e. The highest BCUT2D eigenvalue weighted by Gasteiger charge is 2.21. The molecule has 0 spiro atoms. The van der Waals surface area contributed by atoms with E-state index in [0.29, 0.717) is 21.7 Å². The summed E-state index contributed by atoms with van der Waals surface area (Å²) < 4.78 is 27.4. The number of halogens is 2. The Hall–Kier alpha value is -0.300. The fourth-order valence-electron chi connectivity index (χ4n) is 1.35. The highest BCUT2D eigenvalue weighted by atomic mass is 79.9. The second-order valence-corrected chi connectivity index (χ2v) is 7.92. The molecule has 0 aromatic heterocycles. The molecular formula is C12H18BrClN2O2S. The summed E-state index contributed by atoms with van der Waals surface area (Å²) >= 11 is 9.20. The van der Waals surface area contributed by atoms with Gasteiger partial charge in [-0.2, -0.15) is 0 Å². The van der Waals surface area contributed by atoms with E-state index in [1.165, 1.54) is 0 Å². The maximum Gasteiger partial charge on any atom is 0.236 e. The lowest BCUT2D eigenvalue weighted by molar-refractivity contribution is 0.553. The minimum absolute atomic E-state index is 0.246. The van der Waals surface area contributed by atoms with Gasteiger partial charge in [0.1, 0.15) is 0 Å². The Labute approximate surface area is 128 Å². The van der Waals surface area contributed by atoms with Crippen LogP contribution in [0.2, 0.25) is 5.02 Å². The normalized spacial score (nSPS) is 13.6. The first-order valence-corrected chi connectivity index (χ1v) is 8.64. The Bertz CT molecular complexity index is 535. The van der Waals surface area contributed by atoms with E-state index in [1.807, 2.05) is 13.8 Å². The predicted molar refractivity (Wildman–Crippen MR) is 84.3 cm³/mol. The van der Waals surface area contributed by atoms with Gasteiger partial charge in [-0.3, -0.25) is 4.72 Å². The van der Waals surface area contributed by atoms with Crippen molar-refractivity contribution in [3.05, 3.63) is 27.7 Å². The van der Waals surface area contributed by atoms with E-state index in [9.17, 15) is 8.42 Å². The Morgan fingerprint density at radius 1 is 1.32 bits per heavy atom. The second kappa shape index (κ2) is 6.92. The number of hydrogen-bond donors (Lipinski definition) is 2. The van der Waals surface area contributed by atoms with Crippen molar-refractivity contribution < 1.29 is 8.42 Å². The Balaban J connectivity index is 2.82. The van der Waals surface area contributed by atoms with Crippen molar-refractivity contribution in [3.63, 3.8) is 0 Å². The first-order chi connectivity index (χ1) is 8.74. The molecule has 0 aliphatic carbocycles. The molecule has 0 heterocycles. The Kier molecular flexibility index (Phi) is 6.11. The van der Waals surface area contributed by atoms with E-state index in [0.717, 1.165) is 0 Å². The van der Waals surface area contributed by atoms with Crippen molar-refractivity contribution in [2.45, 2.75) is 32.1 Å². The fourth-order valence-corrected chi connectivity index (χ4v) is 3.01. The van der Waals surface area contributed by atoms with Crippen LogP contribution in [0.4, 0.5) is 5.69 Å². The highest BCUT2D eigenvalue weighted by molar-refractivity contribution is 9.10. The van der Waals surface area contributed by atoms with Gasteiger partial charge in [-0.1, -0.05) is 31.5 Å². The summed E-state index contributed by atoms with van der Waals surface area (Å²) in [4.78, 5) is 0. The molecule has 1 atom stereocenters. The molecule has 1 aromatic rings. The van der Waals surface area contributed by atoms with Gasteiger partial charge < -0.3 is 5.32 Å². The lowest BCUT2D eigenvalue weighted by Crippen LogP contribution is -2.37. The summed E-state index contributed by atoms with van der Waals surface area (Å²) in [5.74, 6) is 0. The van der Waals surface area contributed by atoms with Gasteiger partial charge in [0.25, 0.3) is 0 Å². The molecule has 0 bridgehead atoms. The minimum atomic E-state index is -3.45. The standard InChI is InChI=1S/C12H18BrClN2O2S/c1-8(2)15-7-9(3)19(17,18)16-11-6-4-5-10(14)12(11)13/h4-6,8-9,15-16H,7H2,1-3H3. The molecule has 0 fully saturated rings. The molecule has 0 aliphatic heterocycles. The van der Waals surface area contributed by atoms with E-state index in [1.54, 1.807) is 25.1 Å². The van der Waals surface area contributed by atoms with Crippen LogP contribution in [-0.2, 0) is 10.0 Å². The average Bonchev–Trinajstić information content (AvgIpc) is 2.31. The molecule has 1 aromatic carbocycles. The van der Waals surface area contributed by atoms with Gasteiger partial charge in [0, 0.05) is 12.6 Å². The molecule has 2 N–H and O–H groups in total. The molecule has 0 radical (unpaired) electrons. The quantitative estimate of drug-likeness (QED) is 0.809. The van der Waals surface area contributed by atoms with E-state index >= 15 is 0 Å². The minimum Gasteiger partial charge on any atom is -0.313 e. The number of rotatable bonds is 6. The van der Waals surface area contributed by atoms with E-state index < -0.39 is 15.3 Å². The number of anilines is 1. The van der Waals surface area contributed by atoms with Crippen LogP contribution in [0.5, 0.6) is 0 Å². The molecule has 1 rings (SSSR count). The summed E-state index contributed by atoms with van der Waals surface area (Å²) in [6.45, 7) is 6.00. The Morgan fingerprint density at radius 2 is 1.95 bits per heavy atom. The van der Waals surface area contributed by atoms with Crippen molar-refractivity contribution in [2.75, 3.05) is 11.3 Å². The molecule has 0 amide bonds. The molecular weight excluding hydrogens is 352 g/mol. The number of hydrogen-bond acceptors (Lipinski definition) is 3. The molecule has 108 valence electrons. The molecule has 1 unspecified atom stereocenters. The van der Waals surface area contributed by atoms with Crippen molar-refractivity contribution in [3.8, 4) is 0 Å². The van der Waals surface area contributed by atoms with E-state index in [4.69, 9.17) is 11.6 Å². The van der Waals surface area contributed by atoms with Crippen molar-refractivity contribution in [2.24, 2.45) is 0 Å². The zero-order valence-corrected chi connectivity index (χ0v) is 14.2. The smallest absolute Gasteiger partial charge is 0.236 e. The third kappa shape index (κ3) is 4.95. The summed E-state index contributed by atoms with van der Waals surface area (Å²) in [5.41, 5.74) is 0.448. The molecule has 4 nitrogen and oxygen atoms in total. The summed E-state index contributed by atoms with van der Waals surface area (Å²) in [7, 11) is -3.45. The van der Waals surface area contributed by atoms with Gasteiger partial charge >= 0.3 is 0 Å². The van der Waals surface area contributed by atoms with Crippen LogP contribution < -0.4 is 10.0 Å². The van der Waals surface area contributed by atoms with Gasteiger partial charge in [-0.15, -0.1) is 0 Å². The van der Waals surface area contributed by atoms with Gasteiger partial charge in [-0.25, -0.2) is 8.42 Å². The monoisotopic (exact) mass is 368 g/mol. The number of sulfonamides is 1. The molecule has 0 saturated heterocycles. The lowest BCUT2D eigenvalue weighted by Gasteiger charge is -2.17. The zero-order valence-electron chi connectivity index (χ0n) is 11.1. The maximum atomic E-state index is 12.2. The highest BCUT2D eigenvalue weighted by Crippen LogP contribution is 2.30. The third-order valence-corrected chi connectivity index (χ3v) is 5.68. The predicted octanol–water partition coefficient (Wildman–Crippen LogP) is 3.23. The topological polar surface area (TPSA) is 58.2 Å². The third-order valence-electron chi connectivity index (χ3n) is 2.55. The van der Waals surface area contributed by atoms with Crippen molar-refractivity contribution in [1.82, 2.24) is 5.32 Å². The first-order valence-electron chi connectivity index (χ1n) is 5.93. The van der Waals surface area contributed by atoms with Gasteiger partial charge in [0.15, 0.2) is 0 Å². The summed E-state index contributed by atoms with van der Waals surface area (Å²) in [6.07, 6.45) is 0. The summed E-state index contributed by atoms with van der Waals surface area (Å²) in [6, 6.07) is 5.29. The second-order valence-electron chi connectivity index (χ2n) is 4.62. The zero-order chi connectivity index (χ0) is 14.6. The van der Waals surface area contributed by atoms with Crippen LogP contribution >= 0.6 is 27.5 Å². The van der Waals surface area contributed by atoms with Crippen molar-refractivity contribution >= 4 is 43.2 Å². The van der Waals surface area contributed by atoms with Gasteiger partial charge in [-0.05, 0) is 35.0 Å². The van der Waals surface area contributed by atoms with Gasteiger partial charge in [0.2, 0.25) is 10.0 Å². The first kappa shape index (κ1) is 16.8. The maximum absolute atomic E-state index is 12.2. The SMILES string of the molecule is CC(C)NCC(C)S(=O)(=O)Nc1cccc(Cl)c1Br. The van der Waals surface area contributed by atoms with Crippen LogP contribution in [0.1, 0.15) is 20.8 Å². The summed E-state index contributed by atoms with van der Waals surface area (Å²) in [5, 5.41) is 3.03. The number of benzene rings is 1. The molecule has 7 heteroatoms. The average molecular weight is 370 g/mol. The van der Waals surface area contributed by atoms with Crippen LogP contribution in [0.3, 0.4) is 0 Å². The van der Waals surface area contributed by atoms with Crippen molar-refractivity contribution in [1.29, 1.82) is 0 Å². The van der Waals surface area contributed by atoms with Crippen LogP contribution in [0.25, 0.3) is 0 Å². The molecule has 0 saturated carbocycles. The molecule has 19 heavy (non-hydrogen) atoms. The van der Waals surface area contributed by atoms with Crippen LogP contribution in [0, 0.1) is 0 Å². The van der Waals surface area contributed by atoms with Crippen LogP contribution in [0.15, 0.2) is 22.7 Å². The lowest BCUT2D eigenvalue weighted by atomic mass is 10.3. The Morgan fingerprint density at radius 3 is 2.53 bits per heavy atom. The number of nitrogens with one attached hydrogen (secondary N) is 2.